The molecule has 0 aliphatic carbocycles. The third-order valence-electron chi connectivity index (χ3n) is 1.80. The van der Waals surface area contributed by atoms with E-state index < -0.39 is 11.9 Å². The molecule has 0 N–H and O–H groups in total. The first-order valence-corrected chi connectivity index (χ1v) is 4.39. The number of ether oxygens (including phenoxy) is 4. The van der Waals surface area contributed by atoms with Gasteiger partial charge in [0.15, 0.2) is 0 Å². The van der Waals surface area contributed by atoms with Crippen molar-refractivity contribution in [2.75, 3.05) is 27.9 Å². The largest absolute Gasteiger partial charge is 0.462 e. The number of hydrogen-bond acceptors (Lipinski definition) is 5. The molecule has 0 unspecified atom stereocenters. The predicted octanol–water partition coefficient (Wildman–Crippen LogP) is 0.903. The van der Waals surface area contributed by atoms with E-state index >= 15 is 0 Å². The van der Waals surface area contributed by atoms with Crippen LogP contribution in [0.4, 0.5) is 0 Å². The molecule has 0 aliphatic rings. The van der Waals surface area contributed by atoms with Crippen molar-refractivity contribution in [1.29, 1.82) is 0 Å². The smallest absolute Gasteiger partial charge is 0.341 e. The summed E-state index contributed by atoms with van der Waals surface area (Å²) in [6.07, 6.45) is 0.485. The van der Waals surface area contributed by atoms with Crippen molar-refractivity contribution in [2.24, 2.45) is 0 Å². The predicted molar refractivity (Wildman–Crippen MR) is 53.8 cm³/mol. The van der Waals surface area contributed by atoms with Gasteiger partial charge in [-0.3, -0.25) is 0 Å². The van der Waals surface area contributed by atoms with Crippen molar-refractivity contribution in [1.82, 2.24) is 0 Å². The van der Waals surface area contributed by atoms with E-state index in [1.165, 1.54) is 21.3 Å². The summed E-state index contributed by atoms with van der Waals surface area (Å²) in [4.78, 5) is 11.4. The van der Waals surface area contributed by atoms with Crippen LogP contribution >= 0.6 is 0 Å². The SMILES string of the molecule is [CH2]CCOC(=O)C(=C)C(OC)(OC)OC. The molecule has 0 aromatic heterocycles. The first-order chi connectivity index (χ1) is 7.07. The molecule has 0 spiro atoms. The molecule has 0 amide bonds. The second-order valence-electron chi connectivity index (χ2n) is 2.64. The monoisotopic (exact) mass is 217 g/mol. The fraction of sp³-hybridized carbons (Fsp3) is 0.600. The van der Waals surface area contributed by atoms with Gasteiger partial charge in [0, 0.05) is 21.3 Å². The highest BCUT2D eigenvalue weighted by Crippen LogP contribution is 2.22. The molecule has 0 bridgehead atoms. The van der Waals surface area contributed by atoms with Gasteiger partial charge in [-0.05, 0) is 13.3 Å². The molecular formula is C10H17O5. The quantitative estimate of drug-likeness (QED) is 0.360. The maximum atomic E-state index is 11.4. The molecule has 0 saturated heterocycles. The Balaban J connectivity index is 4.56. The van der Waals surface area contributed by atoms with Gasteiger partial charge in [-0.1, -0.05) is 6.58 Å². The normalized spacial score (nSPS) is 11.2. The van der Waals surface area contributed by atoms with Gasteiger partial charge in [0.05, 0.1) is 6.61 Å². The minimum absolute atomic E-state index is 0.0524. The maximum absolute atomic E-state index is 11.4. The van der Waals surface area contributed by atoms with E-state index in [0.29, 0.717) is 6.42 Å². The van der Waals surface area contributed by atoms with Crippen molar-refractivity contribution >= 4 is 5.97 Å². The average Bonchev–Trinajstić information content (AvgIpc) is 2.28. The fourth-order valence-corrected chi connectivity index (χ4v) is 0.997. The Morgan fingerprint density at radius 1 is 1.20 bits per heavy atom. The van der Waals surface area contributed by atoms with Gasteiger partial charge >= 0.3 is 11.9 Å². The lowest BCUT2D eigenvalue weighted by Crippen LogP contribution is -2.41. The van der Waals surface area contributed by atoms with Gasteiger partial charge in [-0.15, -0.1) is 0 Å². The Morgan fingerprint density at radius 2 is 1.67 bits per heavy atom. The lowest BCUT2D eigenvalue weighted by atomic mass is 10.2. The van der Waals surface area contributed by atoms with Gasteiger partial charge < -0.3 is 18.9 Å². The summed E-state index contributed by atoms with van der Waals surface area (Å²) < 4.78 is 19.6. The van der Waals surface area contributed by atoms with Crippen LogP contribution < -0.4 is 0 Å². The Labute approximate surface area is 89.9 Å². The molecule has 0 saturated carbocycles. The van der Waals surface area contributed by atoms with Crippen molar-refractivity contribution in [3.05, 3.63) is 19.1 Å². The Kier molecular flexibility index (Phi) is 6.15. The van der Waals surface area contributed by atoms with Crippen molar-refractivity contribution in [2.45, 2.75) is 12.4 Å². The first kappa shape index (κ1) is 14.1. The summed E-state index contributed by atoms with van der Waals surface area (Å²) in [5, 5.41) is 0. The molecule has 0 aliphatic heterocycles. The minimum atomic E-state index is -1.59. The van der Waals surface area contributed by atoms with Crippen LogP contribution in [0.25, 0.3) is 0 Å². The molecule has 5 nitrogen and oxygen atoms in total. The van der Waals surface area contributed by atoms with Crippen LogP contribution in [0.5, 0.6) is 0 Å². The highest BCUT2D eigenvalue weighted by Gasteiger charge is 2.38. The van der Waals surface area contributed by atoms with Gasteiger partial charge in [-0.25, -0.2) is 4.79 Å². The third-order valence-corrected chi connectivity index (χ3v) is 1.80. The maximum Gasteiger partial charge on any atom is 0.341 e. The van der Waals surface area contributed by atoms with E-state index in [4.69, 9.17) is 18.9 Å². The molecule has 0 atom stereocenters. The summed E-state index contributed by atoms with van der Waals surface area (Å²) in [6.45, 7) is 7.27. The minimum Gasteiger partial charge on any atom is -0.462 e. The van der Waals surface area contributed by atoms with Gasteiger partial charge in [0.25, 0.3) is 0 Å². The molecule has 87 valence electrons. The molecule has 0 aromatic rings. The second-order valence-corrected chi connectivity index (χ2v) is 2.64. The van der Waals surface area contributed by atoms with E-state index in [-0.39, 0.29) is 12.2 Å². The summed E-state index contributed by atoms with van der Waals surface area (Å²) in [5.41, 5.74) is -0.0524. The zero-order valence-electron chi connectivity index (χ0n) is 9.37. The van der Waals surface area contributed by atoms with Gasteiger partial charge in [0.1, 0.15) is 5.57 Å². The van der Waals surface area contributed by atoms with Gasteiger partial charge in [-0.2, -0.15) is 0 Å². The second kappa shape index (κ2) is 6.55. The third kappa shape index (κ3) is 3.30. The van der Waals surface area contributed by atoms with Crippen LogP contribution in [-0.2, 0) is 23.7 Å². The van der Waals surface area contributed by atoms with Crippen molar-refractivity contribution in [3.8, 4) is 0 Å². The Bertz CT molecular complexity index is 212. The topological polar surface area (TPSA) is 54.0 Å². The van der Waals surface area contributed by atoms with Crippen LogP contribution in [0.2, 0.25) is 0 Å². The molecule has 15 heavy (non-hydrogen) atoms. The molecular weight excluding hydrogens is 200 g/mol. The Morgan fingerprint density at radius 3 is 2.00 bits per heavy atom. The summed E-state index contributed by atoms with van der Waals surface area (Å²) in [5.74, 6) is -2.22. The highest BCUT2D eigenvalue weighted by molar-refractivity contribution is 5.89. The van der Waals surface area contributed by atoms with Crippen LogP contribution in [0.3, 0.4) is 0 Å². The fourth-order valence-electron chi connectivity index (χ4n) is 0.997. The highest BCUT2D eigenvalue weighted by atomic mass is 16.9. The summed E-state index contributed by atoms with van der Waals surface area (Å²) in [7, 11) is 4.02. The Hall–Kier alpha value is -0.910. The number of carbonyl (C=O) groups is 1. The number of hydrogen-bond donors (Lipinski definition) is 0. The molecule has 0 heterocycles. The lowest BCUT2D eigenvalue weighted by molar-refractivity contribution is -0.325. The van der Waals surface area contributed by atoms with Gasteiger partial charge in [0.2, 0.25) is 0 Å². The van der Waals surface area contributed by atoms with E-state index in [1.807, 2.05) is 0 Å². The van der Waals surface area contributed by atoms with Crippen LogP contribution in [0, 0.1) is 6.92 Å². The molecule has 1 radical (unpaired) electrons. The molecule has 5 heteroatoms. The summed E-state index contributed by atoms with van der Waals surface area (Å²) in [6, 6.07) is 0. The first-order valence-electron chi connectivity index (χ1n) is 4.39. The molecule has 0 rings (SSSR count). The zero-order chi connectivity index (χ0) is 11.9. The van der Waals surface area contributed by atoms with E-state index in [1.54, 1.807) is 0 Å². The van der Waals surface area contributed by atoms with E-state index in [2.05, 4.69) is 13.5 Å². The number of rotatable bonds is 7. The molecule has 0 aromatic carbocycles. The summed E-state index contributed by atoms with van der Waals surface area (Å²) >= 11 is 0. The van der Waals surface area contributed by atoms with Crippen LogP contribution in [-0.4, -0.2) is 39.9 Å². The number of methoxy groups -OCH3 is 3. The van der Waals surface area contributed by atoms with E-state index in [9.17, 15) is 4.79 Å². The number of esters is 1. The molecule has 0 fully saturated rings. The van der Waals surface area contributed by atoms with Crippen LogP contribution in [0.15, 0.2) is 12.2 Å². The standard InChI is InChI=1S/C10H17O5/c1-6-7-15-9(11)8(2)10(12-3,13-4)14-5/h1-2,6-7H2,3-5H3. The average molecular weight is 217 g/mol. The lowest BCUT2D eigenvalue weighted by Gasteiger charge is -2.29. The van der Waals surface area contributed by atoms with Crippen molar-refractivity contribution < 1.29 is 23.7 Å². The van der Waals surface area contributed by atoms with E-state index in [0.717, 1.165) is 0 Å². The van der Waals surface area contributed by atoms with Crippen LogP contribution in [0.1, 0.15) is 6.42 Å². The number of carbonyl (C=O) groups excluding carboxylic acids is 1. The van der Waals surface area contributed by atoms with Crippen molar-refractivity contribution in [3.63, 3.8) is 0 Å². The zero-order valence-corrected chi connectivity index (χ0v) is 9.37.